The average molecular weight is 757 g/mol. The lowest BCUT2D eigenvalue weighted by Gasteiger charge is -2.16. The third kappa shape index (κ3) is 4.79. The van der Waals surface area contributed by atoms with Crippen molar-refractivity contribution in [2.45, 2.75) is 0 Å². The van der Waals surface area contributed by atoms with Gasteiger partial charge >= 0.3 is 0 Å². The Bertz CT molecular complexity index is 5240. The van der Waals surface area contributed by atoms with E-state index in [1.165, 1.54) is 24.3 Å². The normalized spacial score (nSPS) is 19.5. The molecule has 0 amide bonds. The summed E-state index contributed by atoms with van der Waals surface area (Å²) in [6.45, 7) is 0. The van der Waals surface area contributed by atoms with E-state index < -0.39 is 281 Å². The number of benzene rings is 9. The van der Waals surface area contributed by atoms with E-state index in [0.29, 0.717) is 0 Å². The van der Waals surface area contributed by atoms with Crippen molar-refractivity contribution in [1.82, 2.24) is 13.7 Å². The molecule has 0 aliphatic carbocycles. The van der Waals surface area contributed by atoms with Gasteiger partial charge in [-0.3, -0.25) is 0 Å². The van der Waals surface area contributed by atoms with Crippen LogP contribution in [0.4, 0.5) is 0 Å². The predicted octanol–water partition coefficient (Wildman–Crippen LogP) is 14.3. The Labute approximate surface area is 373 Å². The first-order valence-electron chi connectivity index (χ1n) is 32.6. The van der Waals surface area contributed by atoms with Gasteiger partial charge in [-0.25, -0.2) is 0 Å². The van der Waals surface area contributed by atoms with Crippen LogP contribution in [0.15, 0.2) is 212 Å². The van der Waals surface area contributed by atoms with Crippen molar-refractivity contribution >= 4 is 65.4 Å². The van der Waals surface area contributed by atoms with Gasteiger partial charge in [0.25, 0.3) is 0 Å². The van der Waals surface area contributed by atoms with E-state index in [0.717, 1.165) is 13.7 Å². The first kappa shape index (κ1) is 13.8. The standard InChI is InChI=1S/C54H35N3/c1-2-15-36(16-3-1)37-17-12-18-38(33-37)39-19-13-20-40(34-39)56-50-28-10-7-24-45(50)47-25-14-30-52(54(47)56)57-51-29-11-6-23-44(51)46-32-31-41(35-53(46)57)55-48-26-8-4-21-42(48)43-22-5-9-27-49(43)55/h1-35H/i1D,2D,3D,4D,5D,6D,7D,8D,9D,10D,11D,12D,14D,15D,16D,17D,18D,21D,22D,23D,24D,25D,26D,27D,28D,29D,30D,31D,32D,33D,35D. The maximum atomic E-state index is 10.4. The molecule has 0 atom stereocenters. The summed E-state index contributed by atoms with van der Waals surface area (Å²) >= 11 is 0. The zero-order chi connectivity index (χ0) is 64.4. The lowest BCUT2D eigenvalue weighted by molar-refractivity contribution is 1.12. The van der Waals surface area contributed by atoms with Gasteiger partial charge < -0.3 is 13.7 Å². The summed E-state index contributed by atoms with van der Waals surface area (Å²) < 4.78 is 285. The number of aromatic nitrogens is 3. The molecule has 57 heavy (non-hydrogen) atoms. The maximum absolute atomic E-state index is 10.4. The van der Waals surface area contributed by atoms with Gasteiger partial charge in [-0.15, -0.1) is 0 Å². The Morgan fingerprint density at radius 2 is 0.825 bits per heavy atom. The van der Waals surface area contributed by atoms with Crippen LogP contribution in [-0.4, -0.2) is 13.7 Å². The van der Waals surface area contributed by atoms with E-state index >= 15 is 0 Å². The fraction of sp³-hybridized carbons (Fsp3) is 0. The Morgan fingerprint density at radius 1 is 0.316 bits per heavy atom. The first-order valence-corrected chi connectivity index (χ1v) is 17.1. The molecule has 0 aliphatic heterocycles. The van der Waals surface area contributed by atoms with Crippen molar-refractivity contribution in [2.24, 2.45) is 0 Å². The first-order chi connectivity index (χ1) is 41.2. The highest BCUT2D eigenvalue weighted by molar-refractivity contribution is 6.16. The summed E-state index contributed by atoms with van der Waals surface area (Å²) in [7, 11) is 0. The van der Waals surface area contributed by atoms with E-state index in [4.69, 9.17) is 24.7 Å². The molecule has 0 bridgehead atoms. The highest BCUT2D eigenvalue weighted by atomic mass is 15.1. The fourth-order valence-electron chi connectivity index (χ4n) is 7.24. The summed E-state index contributed by atoms with van der Waals surface area (Å²) in [5, 5.41) is -3.21. The van der Waals surface area contributed by atoms with Gasteiger partial charge in [-0.1, -0.05) is 151 Å². The molecule has 3 heteroatoms. The lowest BCUT2D eigenvalue weighted by Crippen LogP contribution is -2.01. The molecule has 266 valence electrons. The van der Waals surface area contributed by atoms with Gasteiger partial charge in [-0.2, -0.15) is 0 Å². The Morgan fingerprint density at radius 3 is 1.51 bits per heavy atom. The Kier molecular flexibility index (Phi) is 3.02. The molecule has 9 aromatic carbocycles. The molecule has 3 nitrogen and oxygen atoms in total. The SMILES string of the molecule is [2H]c1c([2H])c([2H])c(-c2c([2H])c([2H])c([2H])c(-c3cccc(-n4c5c([2H])c([2H])c([2H])c([2H])c5c5c([2H])c([2H])c([2H])c(-n6c7c([2H])c([2H])c([2H])c([2H])c7c7c([2H])c([2H])c(-n8c9c([2H])c([2H])c([2H])c([2H])c9c9c([2H])c([2H])c([2H])c([2H])c98)c([2H])c76)c54)c3)c2[2H])c([2H])c1[2H]. The van der Waals surface area contributed by atoms with Gasteiger partial charge in [-0.05, 0) is 82.7 Å². The fourth-order valence-corrected chi connectivity index (χ4v) is 7.24. The van der Waals surface area contributed by atoms with Crippen molar-refractivity contribution in [3.05, 3.63) is 212 Å². The van der Waals surface area contributed by atoms with Crippen molar-refractivity contribution in [3.63, 3.8) is 0 Å². The van der Waals surface area contributed by atoms with Crippen LogP contribution in [0.5, 0.6) is 0 Å². The Hall–Kier alpha value is -7.62. The summed E-state index contributed by atoms with van der Waals surface area (Å²) in [5.41, 5.74) is -7.38. The molecule has 0 aliphatic rings. The van der Waals surface area contributed by atoms with E-state index in [9.17, 15) is 17.8 Å². The molecule has 0 saturated heterocycles. The minimum absolute atomic E-state index is 0.186. The second kappa shape index (κ2) is 12.5. The number of rotatable bonds is 5. The molecular weight excluding hydrogens is 691 g/mol. The van der Waals surface area contributed by atoms with Gasteiger partial charge in [0.15, 0.2) is 0 Å². The number of hydrogen-bond donors (Lipinski definition) is 0. The molecular formula is C54H35N3. The largest absolute Gasteiger partial charge is 0.309 e. The van der Waals surface area contributed by atoms with Crippen LogP contribution < -0.4 is 0 Å². The topological polar surface area (TPSA) is 14.8 Å². The van der Waals surface area contributed by atoms with Crippen molar-refractivity contribution < 1.29 is 42.5 Å². The van der Waals surface area contributed by atoms with Crippen LogP contribution in [-0.2, 0) is 0 Å². The number of nitrogens with zero attached hydrogens (tertiary/aromatic N) is 3. The van der Waals surface area contributed by atoms with Gasteiger partial charge in [0, 0.05) is 43.7 Å². The molecule has 0 spiro atoms. The van der Waals surface area contributed by atoms with Crippen LogP contribution in [0.1, 0.15) is 42.5 Å². The number of hydrogen-bond acceptors (Lipinski definition) is 0. The highest BCUT2D eigenvalue weighted by Gasteiger charge is 2.21. The van der Waals surface area contributed by atoms with Crippen molar-refractivity contribution in [2.75, 3.05) is 0 Å². The average Bonchev–Trinajstić information content (AvgIpc) is 1.52. The summed E-state index contributed by atoms with van der Waals surface area (Å²) in [6, 6.07) is -22.0. The van der Waals surface area contributed by atoms with Crippen LogP contribution in [0, 0.1) is 0 Å². The van der Waals surface area contributed by atoms with Gasteiger partial charge in [0.2, 0.25) is 0 Å². The van der Waals surface area contributed by atoms with Crippen LogP contribution in [0.25, 0.3) is 105 Å². The Balaban J connectivity index is 1.32. The predicted molar refractivity (Wildman–Crippen MR) is 240 cm³/mol. The molecule has 0 N–H and O–H groups in total. The van der Waals surface area contributed by atoms with E-state index in [1.54, 1.807) is 0 Å². The third-order valence-corrected chi connectivity index (χ3v) is 9.59. The highest BCUT2D eigenvalue weighted by Crippen LogP contribution is 2.41. The molecule has 12 aromatic rings. The van der Waals surface area contributed by atoms with Crippen LogP contribution >= 0.6 is 0 Å². The monoisotopic (exact) mass is 756 g/mol. The zero-order valence-electron chi connectivity index (χ0n) is 59.7. The second-order valence-electron chi connectivity index (χ2n) is 12.6. The molecule has 0 saturated carbocycles. The number of para-hydroxylation sites is 5. The van der Waals surface area contributed by atoms with Crippen molar-refractivity contribution in [3.8, 4) is 39.3 Å². The molecule has 3 aromatic heterocycles. The summed E-state index contributed by atoms with van der Waals surface area (Å²) in [4.78, 5) is 0. The molecule has 0 fully saturated rings. The minimum atomic E-state index is -1.00. The third-order valence-electron chi connectivity index (χ3n) is 9.59. The van der Waals surface area contributed by atoms with E-state index in [-0.39, 0.29) is 11.3 Å². The van der Waals surface area contributed by atoms with Crippen molar-refractivity contribution in [1.29, 1.82) is 0 Å². The smallest absolute Gasteiger partial charge is 0.0782 e. The minimum Gasteiger partial charge on any atom is -0.309 e. The number of fused-ring (bicyclic) bond motifs is 9. The van der Waals surface area contributed by atoms with Crippen LogP contribution in [0.3, 0.4) is 0 Å². The molecule has 12 rings (SSSR count). The van der Waals surface area contributed by atoms with Gasteiger partial charge in [0.1, 0.15) is 0 Å². The summed E-state index contributed by atoms with van der Waals surface area (Å²) in [5.74, 6) is 0. The zero-order valence-corrected chi connectivity index (χ0v) is 28.7. The summed E-state index contributed by atoms with van der Waals surface area (Å²) in [6.07, 6.45) is 0. The second-order valence-corrected chi connectivity index (χ2v) is 12.6. The molecule has 0 unspecified atom stereocenters. The lowest BCUT2D eigenvalue weighted by atomic mass is 9.99. The van der Waals surface area contributed by atoms with E-state index in [2.05, 4.69) is 0 Å². The van der Waals surface area contributed by atoms with E-state index in [1.807, 2.05) is 0 Å². The quantitative estimate of drug-likeness (QED) is 0.166. The molecule has 3 heterocycles. The van der Waals surface area contributed by atoms with Gasteiger partial charge in [0.05, 0.1) is 81.3 Å². The molecule has 0 radical (unpaired) electrons. The maximum Gasteiger partial charge on any atom is 0.0782 e. The van der Waals surface area contributed by atoms with Crippen LogP contribution in [0.2, 0.25) is 0 Å².